The molecule has 0 bridgehead atoms. The number of aliphatic hydroxyl groups is 1. The van der Waals surface area contributed by atoms with Crippen LogP contribution in [0.25, 0.3) is 0 Å². The van der Waals surface area contributed by atoms with Gasteiger partial charge in [-0.3, -0.25) is 0 Å². The van der Waals surface area contributed by atoms with Crippen molar-refractivity contribution in [3.8, 4) is 0 Å². The first-order valence-electron chi connectivity index (χ1n) is 7.03. The van der Waals surface area contributed by atoms with Gasteiger partial charge < -0.3 is 10.4 Å². The summed E-state index contributed by atoms with van der Waals surface area (Å²) in [7, 11) is 0. The second kappa shape index (κ2) is 6.96. The predicted octanol–water partition coefficient (Wildman–Crippen LogP) is 3.31. The van der Waals surface area contributed by atoms with Gasteiger partial charge in [0.25, 0.3) is 0 Å². The smallest absolute Gasteiger partial charge is 0.131 e. The van der Waals surface area contributed by atoms with Gasteiger partial charge in [-0.05, 0) is 18.9 Å². The quantitative estimate of drug-likeness (QED) is 0.822. The summed E-state index contributed by atoms with van der Waals surface area (Å²) >= 11 is 0. The maximum absolute atomic E-state index is 13.5. The molecule has 0 aromatic heterocycles. The number of benzene rings is 1. The number of halogens is 2. The molecular formula is C15H21F2NO. The summed E-state index contributed by atoms with van der Waals surface area (Å²) < 4.78 is 26.3. The van der Waals surface area contributed by atoms with Gasteiger partial charge in [-0.1, -0.05) is 31.7 Å². The fraction of sp³-hybridized carbons (Fsp3) is 0.600. The highest BCUT2D eigenvalue weighted by Crippen LogP contribution is 2.20. The molecule has 106 valence electrons. The van der Waals surface area contributed by atoms with Crippen molar-refractivity contribution < 1.29 is 13.9 Å². The molecule has 2 N–H and O–H groups in total. The van der Waals surface area contributed by atoms with E-state index in [1.165, 1.54) is 37.8 Å². The summed E-state index contributed by atoms with van der Waals surface area (Å²) in [6, 6.07) is 3.70. The molecule has 0 spiro atoms. The van der Waals surface area contributed by atoms with E-state index in [-0.39, 0.29) is 5.56 Å². The average molecular weight is 269 g/mol. The largest absolute Gasteiger partial charge is 0.387 e. The molecule has 0 saturated heterocycles. The van der Waals surface area contributed by atoms with Crippen molar-refractivity contribution in [2.24, 2.45) is 0 Å². The molecule has 1 saturated carbocycles. The standard InChI is InChI=1S/C15H21F2NO/c16-11-7-8-13(14(17)9-11)15(19)10-18-12-5-3-1-2-4-6-12/h7-9,12,15,18-19H,1-6,10H2. The SMILES string of the molecule is OC(CNC1CCCCCC1)c1ccc(F)cc1F. The Kier molecular flexibility index (Phi) is 5.28. The monoisotopic (exact) mass is 269 g/mol. The van der Waals surface area contributed by atoms with Gasteiger partial charge in [-0.15, -0.1) is 0 Å². The van der Waals surface area contributed by atoms with Crippen molar-refractivity contribution in [2.45, 2.75) is 50.7 Å². The van der Waals surface area contributed by atoms with Crippen LogP contribution in [0, 0.1) is 11.6 Å². The highest BCUT2D eigenvalue weighted by molar-refractivity contribution is 5.21. The van der Waals surface area contributed by atoms with Crippen molar-refractivity contribution in [1.29, 1.82) is 0 Å². The molecule has 1 unspecified atom stereocenters. The summed E-state index contributed by atoms with van der Waals surface area (Å²) in [5.74, 6) is -1.31. The van der Waals surface area contributed by atoms with Crippen molar-refractivity contribution in [3.05, 3.63) is 35.4 Å². The van der Waals surface area contributed by atoms with E-state index >= 15 is 0 Å². The van der Waals surface area contributed by atoms with Crippen LogP contribution in [-0.2, 0) is 0 Å². The number of nitrogens with one attached hydrogen (secondary N) is 1. The third-order valence-electron chi connectivity index (χ3n) is 3.78. The van der Waals surface area contributed by atoms with Gasteiger partial charge in [0.1, 0.15) is 11.6 Å². The third-order valence-corrected chi connectivity index (χ3v) is 3.78. The Hall–Kier alpha value is -1.00. The molecule has 19 heavy (non-hydrogen) atoms. The molecule has 4 heteroatoms. The summed E-state index contributed by atoms with van der Waals surface area (Å²) in [6.45, 7) is 0.313. The van der Waals surface area contributed by atoms with Crippen LogP contribution in [-0.4, -0.2) is 17.7 Å². The number of aliphatic hydroxyl groups excluding tert-OH is 1. The zero-order valence-electron chi connectivity index (χ0n) is 11.0. The molecule has 1 aliphatic rings. The van der Waals surface area contributed by atoms with Crippen LogP contribution >= 0.6 is 0 Å². The highest BCUT2D eigenvalue weighted by atomic mass is 19.1. The van der Waals surface area contributed by atoms with Crippen LogP contribution in [0.15, 0.2) is 18.2 Å². The zero-order chi connectivity index (χ0) is 13.7. The highest BCUT2D eigenvalue weighted by Gasteiger charge is 2.16. The van der Waals surface area contributed by atoms with E-state index in [1.807, 2.05) is 0 Å². The molecule has 1 aliphatic carbocycles. The lowest BCUT2D eigenvalue weighted by molar-refractivity contribution is 0.163. The second-order valence-corrected chi connectivity index (χ2v) is 5.28. The minimum absolute atomic E-state index is 0.155. The molecule has 2 nitrogen and oxygen atoms in total. The van der Waals surface area contributed by atoms with Crippen molar-refractivity contribution in [3.63, 3.8) is 0 Å². The lowest BCUT2D eigenvalue weighted by atomic mass is 10.1. The zero-order valence-corrected chi connectivity index (χ0v) is 11.0. The van der Waals surface area contributed by atoms with Crippen molar-refractivity contribution >= 4 is 0 Å². The van der Waals surface area contributed by atoms with Crippen molar-refractivity contribution in [2.75, 3.05) is 6.54 Å². The second-order valence-electron chi connectivity index (χ2n) is 5.28. The van der Waals surface area contributed by atoms with Gasteiger partial charge >= 0.3 is 0 Å². The molecule has 2 rings (SSSR count). The molecule has 1 aromatic carbocycles. The van der Waals surface area contributed by atoms with E-state index in [4.69, 9.17) is 0 Å². The first-order valence-corrected chi connectivity index (χ1v) is 7.03. The molecule has 0 radical (unpaired) electrons. The molecular weight excluding hydrogens is 248 g/mol. The lowest BCUT2D eigenvalue weighted by Crippen LogP contribution is -2.32. The van der Waals surface area contributed by atoms with Gasteiger partial charge in [0.2, 0.25) is 0 Å². The topological polar surface area (TPSA) is 32.3 Å². The minimum Gasteiger partial charge on any atom is -0.387 e. The van der Waals surface area contributed by atoms with Crippen LogP contribution in [0.3, 0.4) is 0 Å². The lowest BCUT2D eigenvalue weighted by Gasteiger charge is -2.19. The average Bonchev–Trinajstić information content (AvgIpc) is 2.64. The van der Waals surface area contributed by atoms with Crippen LogP contribution < -0.4 is 5.32 Å². The first kappa shape index (κ1) is 14.4. The van der Waals surface area contributed by atoms with Crippen LogP contribution in [0.4, 0.5) is 8.78 Å². The molecule has 0 heterocycles. The normalized spacial score (nSPS) is 19.1. The number of hydrogen-bond acceptors (Lipinski definition) is 2. The van der Waals surface area contributed by atoms with E-state index in [0.29, 0.717) is 12.6 Å². The van der Waals surface area contributed by atoms with Gasteiger partial charge in [-0.2, -0.15) is 0 Å². The summed E-state index contributed by atoms with van der Waals surface area (Å²) in [4.78, 5) is 0. The maximum atomic E-state index is 13.5. The molecule has 0 amide bonds. The van der Waals surface area contributed by atoms with Gasteiger partial charge in [0.15, 0.2) is 0 Å². The van der Waals surface area contributed by atoms with E-state index in [9.17, 15) is 13.9 Å². The van der Waals surface area contributed by atoms with E-state index in [1.54, 1.807) is 0 Å². The van der Waals surface area contributed by atoms with Gasteiger partial charge in [0.05, 0.1) is 6.10 Å². The summed E-state index contributed by atoms with van der Waals surface area (Å²) in [5.41, 5.74) is 0.155. The predicted molar refractivity (Wildman–Crippen MR) is 70.8 cm³/mol. The van der Waals surface area contributed by atoms with E-state index < -0.39 is 17.7 Å². The Morgan fingerprint density at radius 2 is 1.84 bits per heavy atom. The molecule has 1 fully saturated rings. The summed E-state index contributed by atoms with van der Waals surface area (Å²) in [6.07, 6.45) is 6.25. The van der Waals surface area contributed by atoms with Gasteiger partial charge in [-0.25, -0.2) is 8.78 Å². The number of hydrogen-bond donors (Lipinski definition) is 2. The summed E-state index contributed by atoms with van der Waals surface area (Å²) in [5, 5.41) is 13.3. The van der Waals surface area contributed by atoms with E-state index in [2.05, 4.69) is 5.32 Å². The fourth-order valence-corrected chi connectivity index (χ4v) is 2.64. The first-order chi connectivity index (χ1) is 9.16. The van der Waals surface area contributed by atoms with Crippen LogP contribution in [0.1, 0.15) is 50.2 Å². The molecule has 0 aliphatic heterocycles. The number of rotatable bonds is 4. The van der Waals surface area contributed by atoms with Gasteiger partial charge in [0, 0.05) is 24.2 Å². The minimum atomic E-state index is -0.927. The fourth-order valence-electron chi connectivity index (χ4n) is 2.64. The maximum Gasteiger partial charge on any atom is 0.131 e. The van der Waals surface area contributed by atoms with E-state index in [0.717, 1.165) is 18.9 Å². The Balaban J connectivity index is 1.87. The molecule has 1 atom stereocenters. The Bertz CT molecular complexity index is 403. The Morgan fingerprint density at radius 3 is 2.47 bits per heavy atom. The Morgan fingerprint density at radius 1 is 1.16 bits per heavy atom. The third kappa shape index (κ3) is 4.25. The van der Waals surface area contributed by atoms with Crippen LogP contribution in [0.5, 0.6) is 0 Å². The Labute approximate surface area is 112 Å². The van der Waals surface area contributed by atoms with Crippen molar-refractivity contribution in [1.82, 2.24) is 5.32 Å². The van der Waals surface area contributed by atoms with Crippen LogP contribution in [0.2, 0.25) is 0 Å². The molecule has 1 aromatic rings.